The molecule has 0 atom stereocenters. The van der Waals surface area contributed by atoms with Crippen molar-refractivity contribution in [3.63, 3.8) is 0 Å². The first-order valence-corrected chi connectivity index (χ1v) is 22.9. The molecule has 326 valence electrons. The lowest BCUT2D eigenvalue weighted by Gasteiger charge is -2.22. The van der Waals surface area contributed by atoms with Gasteiger partial charge in [0.25, 0.3) is 0 Å². The topological polar surface area (TPSA) is 56.1 Å². The maximum Gasteiger partial charge on any atom is 0.165 e. The molecule has 4 rings (SSSR count). The first kappa shape index (κ1) is 58.3. The van der Waals surface area contributed by atoms with Crippen LogP contribution in [0.15, 0.2) is 55.1 Å². The summed E-state index contributed by atoms with van der Waals surface area (Å²) < 4.78 is 2.04. The van der Waals surface area contributed by atoms with Crippen LogP contribution < -0.4 is 0 Å². The van der Waals surface area contributed by atoms with Crippen LogP contribution in [0.3, 0.4) is 0 Å². The highest BCUT2D eigenvalue weighted by Crippen LogP contribution is 2.46. The van der Waals surface area contributed by atoms with E-state index in [1.165, 1.54) is 50.2 Å². The van der Waals surface area contributed by atoms with Crippen LogP contribution in [0, 0.1) is 24.7 Å². The molecule has 1 aliphatic carbocycles. The Hall–Kier alpha value is -2.98. The largest absolute Gasteiger partial charge is 0.336 e. The third kappa shape index (κ3) is 22.1. The van der Waals surface area contributed by atoms with Crippen molar-refractivity contribution in [2.45, 2.75) is 200 Å². The Balaban J connectivity index is -0.000000703. The summed E-state index contributed by atoms with van der Waals surface area (Å²) in [5.41, 5.74) is 5.61. The summed E-state index contributed by atoms with van der Waals surface area (Å²) in [7, 11) is 0. The summed E-state index contributed by atoms with van der Waals surface area (Å²) in [6.45, 7) is 39.7. The molecule has 1 aliphatic rings. The van der Waals surface area contributed by atoms with Gasteiger partial charge in [0.05, 0.1) is 12.1 Å². The molecule has 0 bridgehead atoms. The molecule has 0 aliphatic heterocycles. The Kier molecular flexibility index (Phi) is 34.7. The number of benzene rings is 2. The van der Waals surface area contributed by atoms with Crippen LogP contribution in [0.5, 0.6) is 0 Å². The van der Waals surface area contributed by atoms with Crippen LogP contribution >= 0.6 is 11.6 Å². The molecule has 2 aromatic carbocycles. The molecule has 4 nitrogen and oxygen atoms in total. The van der Waals surface area contributed by atoms with Crippen molar-refractivity contribution >= 4 is 40.4 Å². The molecule has 0 N–H and O–H groups in total. The standard InChI is InChI=1S/C18H20ClNO2.C11H16.C8H18.C6H10O.C5H12.2C2H6/c1-3-4-15(22)16-14-10-13(19)9-11(2)17(14)20(7-8-21)18(16)12-5-6-12;1-4-11(2,3)10-8-6-5-7-9-10;1-5-8(6-2)7(3)4;1-4-6(7)5(2)3;1-3-5-4-2;2*1-2/h8-10,12H,3-7H2,1-2H3;5-9H,4H2,1-3H3;7-8H,5-6H2,1-4H3;4-5H,1H2,2-3H3;3-5H2,1-2H3;2*1-2H3. The zero-order valence-electron chi connectivity index (χ0n) is 40.0. The molecular weight excluding hydrogens is 722 g/mol. The van der Waals surface area contributed by atoms with Crippen LogP contribution in [0.25, 0.3) is 10.9 Å². The molecule has 1 heterocycles. The fraction of sp³-hybridized carbons (Fsp3) is 0.635. The Morgan fingerprint density at radius 1 is 0.877 bits per heavy atom. The number of rotatable bonds is 15. The van der Waals surface area contributed by atoms with Gasteiger partial charge in [-0.25, -0.2) is 0 Å². The Labute approximate surface area is 358 Å². The number of nitrogens with zero attached hydrogens (tertiary/aromatic N) is 1. The number of aldehydes is 1. The van der Waals surface area contributed by atoms with Gasteiger partial charge in [0, 0.05) is 39.9 Å². The summed E-state index contributed by atoms with van der Waals surface area (Å²) in [5, 5.41) is 1.55. The van der Waals surface area contributed by atoms with E-state index in [4.69, 9.17) is 11.6 Å². The molecular formula is C52H88ClNO3. The van der Waals surface area contributed by atoms with E-state index in [-0.39, 0.29) is 17.5 Å². The minimum Gasteiger partial charge on any atom is -0.336 e. The van der Waals surface area contributed by atoms with Gasteiger partial charge in [-0.05, 0) is 79.2 Å². The first-order chi connectivity index (χ1) is 27.1. The van der Waals surface area contributed by atoms with Crippen LogP contribution in [-0.2, 0) is 21.5 Å². The minimum atomic E-state index is 0.109. The van der Waals surface area contributed by atoms with Crippen molar-refractivity contribution in [1.82, 2.24) is 4.57 Å². The van der Waals surface area contributed by atoms with Crippen molar-refractivity contribution in [3.05, 3.63) is 82.5 Å². The Bertz CT molecular complexity index is 1490. The van der Waals surface area contributed by atoms with Gasteiger partial charge < -0.3 is 9.36 Å². The molecule has 5 heteroatoms. The minimum absolute atomic E-state index is 0.109. The van der Waals surface area contributed by atoms with Crippen LogP contribution in [0.2, 0.25) is 5.02 Å². The summed E-state index contributed by atoms with van der Waals surface area (Å²) in [4.78, 5) is 34.3. The van der Waals surface area contributed by atoms with Gasteiger partial charge in [0.15, 0.2) is 11.6 Å². The predicted octanol–water partition coefficient (Wildman–Crippen LogP) is 16.8. The number of carbonyl (C=O) groups is 3. The van der Waals surface area contributed by atoms with E-state index in [2.05, 4.69) is 99.2 Å². The third-order valence-electron chi connectivity index (χ3n) is 10.2. The lowest BCUT2D eigenvalue weighted by molar-refractivity contribution is -0.117. The van der Waals surface area contributed by atoms with E-state index < -0.39 is 0 Å². The van der Waals surface area contributed by atoms with Crippen molar-refractivity contribution in [3.8, 4) is 0 Å². The molecule has 0 radical (unpaired) electrons. The molecule has 0 unspecified atom stereocenters. The van der Waals surface area contributed by atoms with Crippen molar-refractivity contribution in [2.24, 2.45) is 17.8 Å². The molecule has 1 saturated carbocycles. The van der Waals surface area contributed by atoms with E-state index in [0.717, 1.165) is 65.1 Å². The van der Waals surface area contributed by atoms with Crippen LogP contribution in [0.4, 0.5) is 0 Å². The van der Waals surface area contributed by atoms with Gasteiger partial charge in [-0.1, -0.05) is 191 Å². The molecule has 1 aromatic heterocycles. The van der Waals surface area contributed by atoms with Crippen molar-refractivity contribution < 1.29 is 14.4 Å². The average Bonchev–Trinajstić information content (AvgIpc) is 4.00. The highest BCUT2D eigenvalue weighted by molar-refractivity contribution is 6.31. The molecule has 0 saturated heterocycles. The molecule has 0 amide bonds. The summed E-state index contributed by atoms with van der Waals surface area (Å²) in [5.74, 6) is 2.62. The maximum atomic E-state index is 12.7. The molecule has 3 aromatic rings. The zero-order chi connectivity index (χ0) is 44.7. The number of carbonyl (C=O) groups excluding carboxylic acids is 3. The number of ketones is 2. The second-order valence-corrected chi connectivity index (χ2v) is 16.1. The van der Waals surface area contributed by atoms with Gasteiger partial charge in [-0.2, -0.15) is 0 Å². The lowest BCUT2D eigenvalue weighted by Crippen LogP contribution is -2.14. The van der Waals surface area contributed by atoms with Crippen molar-refractivity contribution in [1.29, 1.82) is 0 Å². The molecule has 1 fully saturated rings. The Morgan fingerprint density at radius 3 is 1.72 bits per heavy atom. The number of hydrogen-bond acceptors (Lipinski definition) is 3. The average molecular weight is 811 g/mol. The number of Topliss-reactive ketones (excluding diaryl/α,β-unsaturated/α-hetero) is 1. The molecule has 57 heavy (non-hydrogen) atoms. The highest BCUT2D eigenvalue weighted by atomic mass is 35.5. The third-order valence-corrected chi connectivity index (χ3v) is 10.5. The van der Waals surface area contributed by atoms with E-state index in [1.54, 1.807) is 0 Å². The van der Waals surface area contributed by atoms with E-state index >= 15 is 0 Å². The van der Waals surface area contributed by atoms with Gasteiger partial charge in [0.2, 0.25) is 0 Å². The van der Waals surface area contributed by atoms with Crippen LogP contribution in [-0.4, -0.2) is 22.4 Å². The second kappa shape index (κ2) is 33.9. The van der Waals surface area contributed by atoms with Gasteiger partial charge >= 0.3 is 0 Å². The quantitative estimate of drug-likeness (QED) is 0.0873. The number of allylic oxidation sites excluding steroid dienone is 1. The first-order valence-electron chi connectivity index (χ1n) is 22.6. The van der Waals surface area contributed by atoms with Gasteiger partial charge in [-0.15, -0.1) is 0 Å². The summed E-state index contributed by atoms with van der Waals surface area (Å²) >= 11 is 6.22. The van der Waals surface area contributed by atoms with E-state index in [9.17, 15) is 14.4 Å². The normalized spacial score (nSPS) is 11.5. The van der Waals surface area contributed by atoms with Gasteiger partial charge in [-0.3, -0.25) is 9.59 Å². The van der Waals surface area contributed by atoms with Crippen LogP contribution in [0.1, 0.15) is 208 Å². The predicted molar refractivity (Wildman–Crippen MR) is 256 cm³/mol. The molecule has 0 spiro atoms. The lowest BCUT2D eigenvalue weighted by atomic mass is 9.82. The Morgan fingerprint density at radius 2 is 1.40 bits per heavy atom. The number of aromatic nitrogens is 1. The number of hydrogen-bond donors (Lipinski definition) is 0. The van der Waals surface area contributed by atoms with Gasteiger partial charge in [0.1, 0.15) is 6.29 Å². The second-order valence-electron chi connectivity index (χ2n) is 15.6. The maximum absolute atomic E-state index is 12.7. The van der Waals surface area contributed by atoms with E-state index in [1.807, 2.05) is 72.1 Å². The SMILES string of the molecule is C=CC(=O)C(C)C.CC.CC.CCC(C)(C)c1ccccc1.CCC(CC)C(C)C.CCCC(=O)c1c(C2CC2)n(CC=O)c2c(C)cc(Cl)cc12.CCCCC. The highest BCUT2D eigenvalue weighted by Gasteiger charge is 2.34. The fourth-order valence-electron chi connectivity index (χ4n) is 6.28. The zero-order valence-corrected chi connectivity index (χ0v) is 40.8. The summed E-state index contributed by atoms with van der Waals surface area (Å²) in [6.07, 6.45) is 13.8. The number of unbranched alkanes of at least 4 members (excludes halogenated alkanes) is 2. The van der Waals surface area contributed by atoms with Crippen molar-refractivity contribution in [2.75, 3.05) is 0 Å². The number of fused-ring (bicyclic) bond motifs is 1. The van der Waals surface area contributed by atoms with E-state index in [0.29, 0.717) is 29.3 Å². The smallest absolute Gasteiger partial charge is 0.165 e. The summed E-state index contributed by atoms with van der Waals surface area (Å²) in [6, 6.07) is 14.4. The number of halogens is 1. The fourth-order valence-corrected chi connectivity index (χ4v) is 6.56. The number of aryl methyl sites for hydroxylation is 1. The monoisotopic (exact) mass is 810 g/mol.